The van der Waals surface area contributed by atoms with Crippen LogP contribution in [0.2, 0.25) is 0 Å². The minimum Gasteiger partial charge on any atom is -0.492 e. The van der Waals surface area contributed by atoms with E-state index in [0.717, 1.165) is 31.7 Å². The van der Waals surface area contributed by atoms with Crippen LogP contribution in [-0.2, 0) is 6.54 Å². The van der Waals surface area contributed by atoms with E-state index in [1.54, 1.807) is 0 Å². The first-order valence-electron chi connectivity index (χ1n) is 8.89. The molecule has 0 amide bonds. The summed E-state index contributed by atoms with van der Waals surface area (Å²) in [6.45, 7) is 1.77. The van der Waals surface area contributed by atoms with E-state index in [0.29, 0.717) is 0 Å². The fraction of sp³-hybridized carbons (Fsp3) is 0.174. The minimum absolute atomic E-state index is 0.741. The van der Waals surface area contributed by atoms with E-state index in [1.165, 1.54) is 21.5 Å². The van der Waals surface area contributed by atoms with Gasteiger partial charge in [-0.2, -0.15) is 0 Å². The van der Waals surface area contributed by atoms with Crippen molar-refractivity contribution in [2.75, 3.05) is 6.61 Å². The highest BCUT2D eigenvalue weighted by Gasteiger charge is 2.08. The Hall–Kier alpha value is -2.87. The number of ether oxygens (including phenoxy) is 1. The molecule has 0 fully saturated rings. The molecule has 2 nitrogen and oxygen atoms in total. The molecule has 0 N–H and O–H groups in total. The fourth-order valence-corrected chi connectivity index (χ4v) is 3.28. The van der Waals surface area contributed by atoms with Gasteiger partial charge in [0.05, 0.1) is 6.61 Å². The number of hydrogen-bond acceptors (Lipinski definition) is 1. The molecule has 25 heavy (non-hydrogen) atoms. The molecule has 1 aromatic heterocycles. The van der Waals surface area contributed by atoms with Crippen LogP contribution in [0.15, 0.2) is 85.2 Å². The lowest BCUT2D eigenvalue weighted by Crippen LogP contribution is -2.32. The van der Waals surface area contributed by atoms with Crippen molar-refractivity contribution in [1.82, 2.24) is 0 Å². The van der Waals surface area contributed by atoms with Crippen molar-refractivity contribution in [1.29, 1.82) is 0 Å². The third-order valence-electron chi connectivity index (χ3n) is 4.56. The summed E-state index contributed by atoms with van der Waals surface area (Å²) >= 11 is 0. The molecule has 0 aliphatic rings. The van der Waals surface area contributed by atoms with Gasteiger partial charge in [-0.05, 0) is 23.3 Å². The largest absolute Gasteiger partial charge is 0.492 e. The smallest absolute Gasteiger partial charge is 0.168 e. The predicted molar refractivity (Wildman–Crippen MR) is 103 cm³/mol. The molecule has 0 atom stereocenters. The second-order valence-electron chi connectivity index (χ2n) is 6.32. The predicted octanol–water partition coefficient (Wildman–Crippen LogP) is 5.14. The number of hydrogen-bond donors (Lipinski definition) is 0. The first kappa shape index (κ1) is 15.6. The second kappa shape index (κ2) is 7.35. The van der Waals surface area contributed by atoms with Crippen molar-refractivity contribution in [3.8, 4) is 5.75 Å². The minimum atomic E-state index is 0.741. The van der Waals surface area contributed by atoms with Gasteiger partial charge in [0.1, 0.15) is 12.3 Å². The maximum absolute atomic E-state index is 6.26. The first-order valence-corrected chi connectivity index (χ1v) is 8.89. The summed E-state index contributed by atoms with van der Waals surface area (Å²) in [5, 5.41) is 4.85. The van der Waals surface area contributed by atoms with Crippen molar-refractivity contribution in [3.63, 3.8) is 0 Å². The quantitative estimate of drug-likeness (QED) is 0.271. The summed E-state index contributed by atoms with van der Waals surface area (Å²) in [4.78, 5) is 0. The monoisotopic (exact) mass is 328 g/mol. The van der Waals surface area contributed by atoms with Gasteiger partial charge in [-0.3, -0.25) is 0 Å². The Labute approximate surface area is 148 Å². The van der Waals surface area contributed by atoms with Crippen LogP contribution in [0.4, 0.5) is 0 Å². The summed E-state index contributed by atoms with van der Waals surface area (Å²) in [6, 6.07) is 25.4. The van der Waals surface area contributed by atoms with Gasteiger partial charge >= 0.3 is 0 Å². The van der Waals surface area contributed by atoms with Gasteiger partial charge in [-0.1, -0.05) is 54.6 Å². The molecule has 0 saturated heterocycles. The second-order valence-corrected chi connectivity index (χ2v) is 6.32. The summed E-state index contributed by atoms with van der Waals surface area (Å²) in [5.74, 6) is 1.01. The number of unbranched alkanes of at least 4 members (excludes halogenated alkanes) is 1. The van der Waals surface area contributed by atoms with Gasteiger partial charge in [0.15, 0.2) is 12.4 Å². The number of fused-ring (bicyclic) bond motifs is 2. The maximum atomic E-state index is 6.26. The molecule has 0 bridgehead atoms. The van der Waals surface area contributed by atoms with Crippen LogP contribution in [0.1, 0.15) is 12.8 Å². The lowest BCUT2D eigenvalue weighted by Gasteiger charge is -2.13. The Morgan fingerprint density at radius 2 is 1.32 bits per heavy atom. The third-order valence-corrected chi connectivity index (χ3v) is 4.56. The molecule has 0 saturated carbocycles. The molecule has 0 spiro atoms. The standard InChI is InChI=1S/C23H22NO/c1-6-14-24(15-7-1)16-8-9-17-25-23-21-12-4-2-10-19(21)18-20-11-3-5-13-22(20)23/h1-7,10-15,18H,8-9,16-17H2/q+1. The fourth-order valence-electron chi connectivity index (χ4n) is 3.28. The Bertz CT molecular complexity index is 925. The number of pyridine rings is 1. The number of nitrogens with zero attached hydrogens (tertiary/aromatic N) is 1. The molecule has 1 heterocycles. The van der Waals surface area contributed by atoms with Crippen LogP contribution in [0.25, 0.3) is 21.5 Å². The summed E-state index contributed by atoms with van der Waals surface area (Å²) in [6.07, 6.45) is 6.37. The van der Waals surface area contributed by atoms with Gasteiger partial charge in [-0.15, -0.1) is 0 Å². The Morgan fingerprint density at radius 1 is 0.680 bits per heavy atom. The van der Waals surface area contributed by atoms with Gasteiger partial charge < -0.3 is 4.74 Å². The highest BCUT2D eigenvalue weighted by atomic mass is 16.5. The van der Waals surface area contributed by atoms with Gasteiger partial charge in [0.2, 0.25) is 0 Å². The van der Waals surface area contributed by atoms with E-state index < -0.39 is 0 Å². The zero-order valence-corrected chi connectivity index (χ0v) is 14.3. The van der Waals surface area contributed by atoms with E-state index in [2.05, 4.69) is 83.7 Å². The molecule has 0 radical (unpaired) electrons. The Kier molecular flexibility index (Phi) is 4.60. The third kappa shape index (κ3) is 3.48. The Balaban J connectivity index is 1.50. The average Bonchev–Trinajstić information content (AvgIpc) is 2.68. The molecule has 0 aliphatic heterocycles. The average molecular weight is 328 g/mol. The molecule has 0 unspecified atom stereocenters. The van der Waals surface area contributed by atoms with E-state index in [4.69, 9.17) is 4.74 Å². The van der Waals surface area contributed by atoms with Crippen LogP contribution in [0, 0.1) is 0 Å². The normalized spacial score (nSPS) is 11.0. The number of benzene rings is 3. The topological polar surface area (TPSA) is 13.1 Å². The van der Waals surface area contributed by atoms with E-state index in [-0.39, 0.29) is 0 Å². The van der Waals surface area contributed by atoms with Crippen LogP contribution in [0.3, 0.4) is 0 Å². The van der Waals surface area contributed by atoms with Gasteiger partial charge in [0.25, 0.3) is 0 Å². The molecular weight excluding hydrogens is 306 g/mol. The van der Waals surface area contributed by atoms with Crippen molar-refractivity contribution in [3.05, 3.63) is 85.2 Å². The lowest BCUT2D eigenvalue weighted by atomic mass is 10.0. The molecule has 3 aromatic carbocycles. The summed E-state index contributed by atoms with van der Waals surface area (Å²) in [5.41, 5.74) is 0. The van der Waals surface area contributed by atoms with Crippen LogP contribution < -0.4 is 9.30 Å². The summed E-state index contributed by atoms with van der Waals surface area (Å²) < 4.78 is 8.48. The molecule has 4 aromatic rings. The van der Waals surface area contributed by atoms with Crippen molar-refractivity contribution in [2.45, 2.75) is 19.4 Å². The van der Waals surface area contributed by atoms with Crippen molar-refractivity contribution in [2.24, 2.45) is 0 Å². The van der Waals surface area contributed by atoms with Crippen LogP contribution in [-0.4, -0.2) is 6.61 Å². The van der Waals surface area contributed by atoms with E-state index in [1.807, 2.05) is 6.07 Å². The molecular formula is C23H22NO+. The molecule has 4 rings (SSSR count). The number of aryl methyl sites for hydroxylation is 1. The number of aromatic nitrogens is 1. The SMILES string of the molecule is c1cc[n+](CCCCOc2c3ccccc3cc3ccccc23)cc1. The molecule has 0 aliphatic carbocycles. The highest BCUT2D eigenvalue weighted by molar-refractivity contribution is 6.05. The zero-order valence-electron chi connectivity index (χ0n) is 14.3. The van der Waals surface area contributed by atoms with Gasteiger partial charge in [-0.25, -0.2) is 4.57 Å². The molecule has 2 heteroatoms. The first-order chi connectivity index (χ1) is 12.4. The Morgan fingerprint density at radius 3 is 2.00 bits per heavy atom. The molecule has 124 valence electrons. The maximum Gasteiger partial charge on any atom is 0.168 e. The van der Waals surface area contributed by atoms with Crippen molar-refractivity contribution < 1.29 is 9.30 Å². The highest BCUT2D eigenvalue weighted by Crippen LogP contribution is 2.34. The van der Waals surface area contributed by atoms with E-state index >= 15 is 0 Å². The van der Waals surface area contributed by atoms with Crippen molar-refractivity contribution >= 4 is 21.5 Å². The number of rotatable bonds is 6. The zero-order chi connectivity index (χ0) is 16.9. The van der Waals surface area contributed by atoms with Crippen LogP contribution in [0.5, 0.6) is 5.75 Å². The van der Waals surface area contributed by atoms with E-state index in [9.17, 15) is 0 Å². The summed E-state index contributed by atoms with van der Waals surface area (Å²) in [7, 11) is 0. The lowest BCUT2D eigenvalue weighted by molar-refractivity contribution is -0.697. The van der Waals surface area contributed by atoms with Gasteiger partial charge in [0, 0.05) is 29.3 Å². The van der Waals surface area contributed by atoms with Crippen LogP contribution >= 0.6 is 0 Å².